The minimum absolute atomic E-state index is 0.0224. The third kappa shape index (κ3) is 3.67. The maximum atomic E-state index is 10.7. The van der Waals surface area contributed by atoms with Crippen molar-refractivity contribution < 1.29 is 14.6 Å². The van der Waals surface area contributed by atoms with E-state index in [0.29, 0.717) is 32.8 Å². The summed E-state index contributed by atoms with van der Waals surface area (Å²) in [4.78, 5) is 11.8. The summed E-state index contributed by atoms with van der Waals surface area (Å²) >= 11 is 0. The van der Waals surface area contributed by atoms with Gasteiger partial charge in [-0.05, 0) is 6.92 Å². The van der Waals surface area contributed by atoms with Gasteiger partial charge in [0, 0.05) is 13.1 Å². The van der Waals surface area contributed by atoms with Gasteiger partial charge in [0.1, 0.15) is 6.34 Å². The molecule has 0 bridgehead atoms. The van der Waals surface area contributed by atoms with Crippen LogP contribution in [0, 0.1) is 0 Å². The molecule has 92 valence electrons. The quantitative estimate of drug-likeness (QED) is 0.506. The average Bonchev–Trinajstić information content (AvgIpc) is 2.29. The molecule has 1 heterocycles. The molecule has 1 rings (SSSR count). The number of hydrogen-bond acceptors (Lipinski definition) is 5. The molecule has 7 heteroatoms. The molecule has 1 saturated heterocycles. The lowest BCUT2D eigenvalue weighted by molar-refractivity contribution is -0.0223. The Labute approximate surface area is 94.4 Å². The van der Waals surface area contributed by atoms with Crippen LogP contribution in [0.5, 0.6) is 0 Å². The summed E-state index contributed by atoms with van der Waals surface area (Å²) in [5.41, 5.74) is 5.49. The number of nitrogens with two attached hydrogens (primary N) is 1. The van der Waals surface area contributed by atoms with Gasteiger partial charge in [-0.1, -0.05) is 0 Å². The van der Waals surface area contributed by atoms with Gasteiger partial charge in [-0.25, -0.2) is 4.79 Å². The first-order chi connectivity index (χ1) is 7.67. The zero-order valence-corrected chi connectivity index (χ0v) is 9.37. The summed E-state index contributed by atoms with van der Waals surface area (Å²) < 4.78 is 5.37. The first-order valence-electron chi connectivity index (χ1n) is 5.27. The molecule has 1 fully saturated rings. The van der Waals surface area contributed by atoms with E-state index in [4.69, 9.17) is 15.6 Å². The lowest BCUT2D eigenvalue weighted by atomic mass is 10.3. The Kier molecular flexibility index (Phi) is 5.00. The molecule has 1 atom stereocenters. The fraction of sp³-hybridized carbons (Fsp3) is 0.778. The van der Waals surface area contributed by atoms with Crippen LogP contribution in [0.4, 0.5) is 4.79 Å². The molecule has 1 aliphatic rings. The van der Waals surface area contributed by atoms with Crippen LogP contribution in [0.2, 0.25) is 0 Å². The lowest BCUT2D eigenvalue weighted by Gasteiger charge is -2.30. The molecule has 3 N–H and O–H groups in total. The van der Waals surface area contributed by atoms with Crippen LogP contribution in [0.1, 0.15) is 6.92 Å². The number of amides is 1. The second-order valence-electron chi connectivity index (χ2n) is 3.44. The largest absolute Gasteiger partial charge is 0.465 e. The molecule has 1 aliphatic heterocycles. The highest BCUT2D eigenvalue weighted by molar-refractivity contribution is 5.80. The maximum Gasteiger partial charge on any atom is 0.412 e. The second-order valence-corrected chi connectivity index (χ2v) is 3.44. The Morgan fingerprint density at radius 2 is 2.56 bits per heavy atom. The van der Waals surface area contributed by atoms with Gasteiger partial charge in [0.25, 0.3) is 0 Å². The van der Waals surface area contributed by atoms with Crippen molar-refractivity contribution in [2.75, 3.05) is 32.8 Å². The first kappa shape index (κ1) is 12.7. The SMILES string of the molecule is CCN(C=NN1CCOC(CN)C1)C(=O)O. The number of rotatable bonds is 4. The number of carbonyl (C=O) groups is 1. The second kappa shape index (κ2) is 6.29. The summed E-state index contributed by atoms with van der Waals surface area (Å²) in [6.45, 7) is 4.40. The molecular formula is C9H18N4O3. The van der Waals surface area contributed by atoms with Gasteiger partial charge < -0.3 is 15.6 Å². The molecule has 0 saturated carbocycles. The predicted octanol–water partition coefficient (Wildman–Crippen LogP) is -0.411. The summed E-state index contributed by atoms with van der Waals surface area (Å²) in [5, 5.41) is 14.6. The molecule has 16 heavy (non-hydrogen) atoms. The van der Waals surface area contributed by atoms with Crippen molar-refractivity contribution in [1.29, 1.82) is 0 Å². The van der Waals surface area contributed by atoms with Crippen molar-refractivity contribution in [2.45, 2.75) is 13.0 Å². The normalized spacial score (nSPS) is 21.4. The van der Waals surface area contributed by atoms with Crippen LogP contribution in [-0.4, -0.2) is 66.3 Å². The molecule has 0 spiro atoms. The van der Waals surface area contributed by atoms with Crippen LogP contribution in [0.15, 0.2) is 5.10 Å². The van der Waals surface area contributed by atoms with E-state index in [9.17, 15) is 4.79 Å². The number of ether oxygens (including phenoxy) is 1. The van der Waals surface area contributed by atoms with Crippen LogP contribution in [0.25, 0.3) is 0 Å². The van der Waals surface area contributed by atoms with Gasteiger partial charge in [-0.15, -0.1) is 0 Å². The van der Waals surface area contributed by atoms with E-state index in [-0.39, 0.29) is 6.10 Å². The van der Waals surface area contributed by atoms with E-state index >= 15 is 0 Å². The van der Waals surface area contributed by atoms with Crippen molar-refractivity contribution >= 4 is 12.4 Å². The monoisotopic (exact) mass is 230 g/mol. The Morgan fingerprint density at radius 3 is 3.12 bits per heavy atom. The highest BCUT2D eigenvalue weighted by atomic mass is 16.5. The number of carboxylic acid groups (broad SMARTS) is 1. The predicted molar refractivity (Wildman–Crippen MR) is 59.3 cm³/mol. The standard InChI is InChI=1S/C9H18N4O3/c1-2-12(9(14)15)7-11-13-3-4-16-8(5-10)6-13/h7-8H,2-6,10H2,1H3,(H,14,15). The van der Waals surface area contributed by atoms with E-state index in [1.165, 1.54) is 6.34 Å². The Hall–Kier alpha value is -1.34. The lowest BCUT2D eigenvalue weighted by Crippen LogP contribution is -2.43. The van der Waals surface area contributed by atoms with Crippen LogP contribution >= 0.6 is 0 Å². The minimum atomic E-state index is -1.00. The van der Waals surface area contributed by atoms with Gasteiger partial charge in [0.2, 0.25) is 0 Å². The Balaban J connectivity index is 2.45. The fourth-order valence-electron chi connectivity index (χ4n) is 1.35. The third-order valence-electron chi connectivity index (χ3n) is 2.32. The van der Waals surface area contributed by atoms with E-state index in [0.717, 1.165) is 4.90 Å². The van der Waals surface area contributed by atoms with Crippen LogP contribution in [-0.2, 0) is 4.74 Å². The zero-order chi connectivity index (χ0) is 12.0. The topological polar surface area (TPSA) is 91.4 Å². The van der Waals surface area contributed by atoms with Crippen LogP contribution in [0.3, 0.4) is 0 Å². The van der Waals surface area contributed by atoms with Crippen molar-refractivity contribution in [3.8, 4) is 0 Å². The number of hydrazone groups is 1. The van der Waals surface area contributed by atoms with Crippen molar-refractivity contribution in [1.82, 2.24) is 9.91 Å². The molecule has 0 aromatic rings. The summed E-state index contributed by atoms with van der Waals surface area (Å²) in [7, 11) is 0. The molecule has 7 nitrogen and oxygen atoms in total. The summed E-state index contributed by atoms with van der Waals surface area (Å²) in [5.74, 6) is 0. The van der Waals surface area contributed by atoms with Gasteiger partial charge >= 0.3 is 6.09 Å². The van der Waals surface area contributed by atoms with Crippen molar-refractivity contribution in [3.63, 3.8) is 0 Å². The third-order valence-corrected chi connectivity index (χ3v) is 2.32. The molecule has 0 aromatic heterocycles. The molecule has 1 amide bonds. The van der Waals surface area contributed by atoms with Crippen molar-refractivity contribution in [2.24, 2.45) is 10.8 Å². The van der Waals surface area contributed by atoms with Gasteiger partial charge in [-0.3, -0.25) is 9.91 Å². The molecular weight excluding hydrogens is 212 g/mol. The zero-order valence-electron chi connectivity index (χ0n) is 9.37. The minimum Gasteiger partial charge on any atom is -0.465 e. The van der Waals surface area contributed by atoms with E-state index in [2.05, 4.69) is 5.10 Å². The Morgan fingerprint density at radius 1 is 1.81 bits per heavy atom. The van der Waals surface area contributed by atoms with Crippen molar-refractivity contribution in [3.05, 3.63) is 0 Å². The first-order valence-corrected chi connectivity index (χ1v) is 5.27. The number of hydrogen-bond donors (Lipinski definition) is 2. The number of morpholine rings is 1. The Bertz CT molecular complexity index is 259. The summed E-state index contributed by atoms with van der Waals surface area (Å²) in [6.07, 6.45) is 0.294. The smallest absolute Gasteiger partial charge is 0.412 e. The summed E-state index contributed by atoms with van der Waals surface area (Å²) in [6, 6.07) is 0. The average molecular weight is 230 g/mol. The fourth-order valence-corrected chi connectivity index (χ4v) is 1.35. The maximum absolute atomic E-state index is 10.7. The molecule has 0 aliphatic carbocycles. The molecule has 0 radical (unpaired) electrons. The highest BCUT2D eigenvalue weighted by Gasteiger charge is 2.17. The van der Waals surface area contributed by atoms with Gasteiger partial charge in [0.05, 0.1) is 25.8 Å². The van der Waals surface area contributed by atoms with Gasteiger partial charge in [-0.2, -0.15) is 5.10 Å². The molecule has 1 unspecified atom stereocenters. The van der Waals surface area contributed by atoms with E-state index < -0.39 is 6.09 Å². The van der Waals surface area contributed by atoms with E-state index in [1.807, 2.05) is 0 Å². The number of nitrogens with zero attached hydrogens (tertiary/aromatic N) is 3. The molecule has 0 aromatic carbocycles. The highest BCUT2D eigenvalue weighted by Crippen LogP contribution is 2.03. The van der Waals surface area contributed by atoms with E-state index in [1.54, 1.807) is 11.9 Å². The van der Waals surface area contributed by atoms with Gasteiger partial charge in [0.15, 0.2) is 0 Å². The van der Waals surface area contributed by atoms with Crippen LogP contribution < -0.4 is 5.73 Å².